The number of nitrogens with two attached hydrogens (primary N) is 1. The first-order valence-corrected chi connectivity index (χ1v) is 9.89. The molecular formula is C26H23NO. The SMILES string of the molecule is CCOc1ccccc1CC(N)c1ccc2ccc3cccc4ccc1c2c34. The molecule has 0 fully saturated rings. The molecule has 5 aromatic rings. The Labute approximate surface area is 164 Å². The van der Waals surface area contributed by atoms with Gasteiger partial charge in [-0.25, -0.2) is 0 Å². The van der Waals surface area contributed by atoms with Gasteiger partial charge in [0.25, 0.3) is 0 Å². The van der Waals surface area contributed by atoms with E-state index in [0.29, 0.717) is 6.61 Å². The summed E-state index contributed by atoms with van der Waals surface area (Å²) in [4.78, 5) is 0. The molecule has 0 aliphatic heterocycles. The molecule has 0 aliphatic carbocycles. The number of hydrogen-bond acceptors (Lipinski definition) is 2. The minimum atomic E-state index is -0.0915. The lowest BCUT2D eigenvalue weighted by Crippen LogP contribution is -2.14. The molecule has 2 N–H and O–H groups in total. The maximum absolute atomic E-state index is 6.73. The fourth-order valence-electron chi connectivity index (χ4n) is 4.40. The van der Waals surface area contributed by atoms with Gasteiger partial charge in [0.1, 0.15) is 5.75 Å². The van der Waals surface area contributed by atoms with Crippen LogP contribution in [0.15, 0.2) is 78.9 Å². The van der Waals surface area contributed by atoms with Crippen LogP contribution in [-0.4, -0.2) is 6.61 Å². The van der Waals surface area contributed by atoms with Crippen molar-refractivity contribution in [1.29, 1.82) is 0 Å². The lowest BCUT2D eigenvalue weighted by molar-refractivity contribution is 0.335. The summed E-state index contributed by atoms with van der Waals surface area (Å²) in [5.74, 6) is 0.929. The molecule has 0 saturated heterocycles. The predicted molar refractivity (Wildman–Crippen MR) is 118 cm³/mol. The van der Waals surface area contributed by atoms with Crippen molar-refractivity contribution in [2.45, 2.75) is 19.4 Å². The van der Waals surface area contributed by atoms with Gasteiger partial charge >= 0.3 is 0 Å². The fourth-order valence-corrected chi connectivity index (χ4v) is 4.40. The first-order chi connectivity index (χ1) is 13.8. The largest absolute Gasteiger partial charge is 0.494 e. The molecule has 0 radical (unpaired) electrons. The van der Waals surface area contributed by atoms with Gasteiger partial charge in [0.2, 0.25) is 0 Å². The summed E-state index contributed by atoms with van der Waals surface area (Å²) < 4.78 is 5.80. The summed E-state index contributed by atoms with van der Waals surface area (Å²) in [6.45, 7) is 2.67. The summed E-state index contributed by atoms with van der Waals surface area (Å²) in [5, 5.41) is 7.74. The van der Waals surface area contributed by atoms with E-state index >= 15 is 0 Å². The Kier molecular flexibility index (Phi) is 4.14. The van der Waals surface area contributed by atoms with Crippen molar-refractivity contribution in [2.75, 3.05) is 6.61 Å². The standard InChI is InChI=1S/C26H23NO/c1-2-28-24-9-4-3-6-20(24)16-23(27)21-14-12-19-11-10-17-7-5-8-18-13-15-22(21)26(19)25(17)18/h3-15,23H,2,16,27H2,1H3. The summed E-state index contributed by atoms with van der Waals surface area (Å²) in [5.41, 5.74) is 9.08. The van der Waals surface area contributed by atoms with E-state index in [-0.39, 0.29) is 6.04 Å². The molecule has 0 spiro atoms. The van der Waals surface area contributed by atoms with Crippen LogP contribution in [0.1, 0.15) is 24.1 Å². The molecule has 28 heavy (non-hydrogen) atoms. The molecule has 0 saturated carbocycles. The van der Waals surface area contributed by atoms with Crippen molar-refractivity contribution in [3.8, 4) is 5.75 Å². The monoisotopic (exact) mass is 365 g/mol. The van der Waals surface area contributed by atoms with Gasteiger partial charge in [-0.3, -0.25) is 0 Å². The summed E-state index contributed by atoms with van der Waals surface area (Å²) in [6.07, 6.45) is 0.750. The second kappa shape index (κ2) is 6.81. The zero-order chi connectivity index (χ0) is 19.1. The molecule has 0 aliphatic rings. The van der Waals surface area contributed by atoms with Crippen LogP contribution in [0, 0.1) is 0 Å². The normalized spacial score (nSPS) is 12.8. The van der Waals surface area contributed by atoms with Gasteiger partial charge < -0.3 is 10.5 Å². The molecule has 0 heterocycles. The van der Waals surface area contributed by atoms with E-state index in [1.165, 1.54) is 37.9 Å². The van der Waals surface area contributed by atoms with Crippen LogP contribution in [0.2, 0.25) is 0 Å². The quantitative estimate of drug-likeness (QED) is 0.375. The van der Waals surface area contributed by atoms with Crippen LogP contribution in [0.4, 0.5) is 0 Å². The second-order valence-electron chi connectivity index (χ2n) is 7.36. The van der Waals surface area contributed by atoms with Crippen LogP contribution < -0.4 is 10.5 Å². The highest BCUT2D eigenvalue weighted by molar-refractivity contribution is 6.23. The zero-order valence-electron chi connectivity index (χ0n) is 16.0. The number of benzene rings is 5. The Morgan fingerprint density at radius 1 is 0.750 bits per heavy atom. The summed E-state index contributed by atoms with van der Waals surface area (Å²) in [7, 11) is 0. The zero-order valence-corrected chi connectivity index (χ0v) is 16.0. The van der Waals surface area contributed by atoms with Crippen molar-refractivity contribution in [2.24, 2.45) is 5.73 Å². The Bertz CT molecular complexity index is 1260. The van der Waals surface area contributed by atoms with E-state index in [0.717, 1.165) is 17.7 Å². The Morgan fingerprint density at radius 2 is 1.43 bits per heavy atom. The van der Waals surface area contributed by atoms with Gasteiger partial charge in [0.15, 0.2) is 0 Å². The van der Waals surface area contributed by atoms with Crippen LogP contribution in [0.25, 0.3) is 32.3 Å². The predicted octanol–water partition coefficient (Wildman–Crippen LogP) is 6.23. The highest BCUT2D eigenvalue weighted by Gasteiger charge is 2.16. The molecule has 5 rings (SSSR count). The van der Waals surface area contributed by atoms with E-state index in [2.05, 4.69) is 66.7 Å². The van der Waals surface area contributed by atoms with Crippen molar-refractivity contribution in [1.82, 2.24) is 0 Å². The molecule has 0 amide bonds. The van der Waals surface area contributed by atoms with Crippen LogP contribution in [-0.2, 0) is 6.42 Å². The van der Waals surface area contributed by atoms with Gasteiger partial charge in [-0.05, 0) is 62.9 Å². The minimum Gasteiger partial charge on any atom is -0.494 e. The van der Waals surface area contributed by atoms with Crippen molar-refractivity contribution >= 4 is 32.3 Å². The third-order valence-corrected chi connectivity index (χ3v) is 5.67. The maximum Gasteiger partial charge on any atom is 0.122 e. The molecule has 2 nitrogen and oxygen atoms in total. The smallest absolute Gasteiger partial charge is 0.122 e. The van der Waals surface area contributed by atoms with E-state index in [4.69, 9.17) is 10.5 Å². The average Bonchev–Trinajstić information content (AvgIpc) is 2.73. The number of hydrogen-bond donors (Lipinski definition) is 1. The number of para-hydroxylation sites is 1. The van der Waals surface area contributed by atoms with Crippen molar-refractivity contribution in [3.63, 3.8) is 0 Å². The fraction of sp³-hybridized carbons (Fsp3) is 0.154. The van der Waals surface area contributed by atoms with Crippen LogP contribution >= 0.6 is 0 Å². The van der Waals surface area contributed by atoms with E-state index in [1.54, 1.807) is 0 Å². The molecule has 1 atom stereocenters. The Morgan fingerprint density at radius 3 is 2.21 bits per heavy atom. The highest BCUT2D eigenvalue weighted by atomic mass is 16.5. The lowest BCUT2D eigenvalue weighted by atomic mass is 9.88. The number of ether oxygens (including phenoxy) is 1. The van der Waals surface area contributed by atoms with Crippen LogP contribution in [0.5, 0.6) is 5.75 Å². The minimum absolute atomic E-state index is 0.0915. The molecule has 0 bridgehead atoms. The molecule has 138 valence electrons. The average molecular weight is 365 g/mol. The molecule has 2 heteroatoms. The third kappa shape index (κ3) is 2.69. The molecule has 1 unspecified atom stereocenters. The lowest BCUT2D eigenvalue weighted by Gasteiger charge is -2.19. The van der Waals surface area contributed by atoms with Crippen molar-refractivity contribution in [3.05, 3.63) is 90.0 Å². The van der Waals surface area contributed by atoms with Gasteiger partial charge in [-0.2, -0.15) is 0 Å². The first kappa shape index (κ1) is 17.0. The highest BCUT2D eigenvalue weighted by Crippen LogP contribution is 2.38. The Balaban J connectivity index is 1.65. The van der Waals surface area contributed by atoms with E-state index in [1.807, 2.05) is 19.1 Å². The van der Waals surface area contributed by atoms with Gasteiger partial charge in [-0.1, -0.05) is 72.8 Å². The van der Waals surface area contributed by atoms with Gasteiger partial charge in [-0.15, -0.1) is 0 Å². The van der Waals surface area contributed by atoms with Crippen LogP contribution in [0.3, 0.4) is 0 Å². The topological polar surface area (TPSA) is 35.2 Å². The first-order valence-electron chi connectivity index (χ1n) is 9.89. The number of rotatable bonds is 5. The van der Waals surface area contributed by atoms with Gasteiger partial charge in [0, 0.05) is 6.04 Å². The van der Waals surface area contributed by atoms with E-state index in [9.17, 15) is 0 Å². The second-order valence-corrected chi connectivity index (χ2v) is 7.36. The molecule has 0 aromatic heterocycles. The van der Waals surface area contributed by atoms with Crippen molar-refractivity contribution < 1.29 is 4.74 Å². The summed E-state index contributed by atoms with van der Waals surface area (Å²) in [6, 6.07) is 27.9. The maximum atomic E-state index is 6.73. The van der Waals surface area contributed by atoms with Gasteiger partial charge in [0.05, 0.1) is 6.61 Å². The molecule has 5 aromatic carbocycles. The van der Waals surface area contributed by atoms with E-state index < -0.39 is 0 Å². The Hall–Kier alpha value is -3.10. The summed E-state index contributed by atoms with van der Waals surface area (Å²) >= 11 is 0. The molecular weight excluding hydrogens is 342 g/mol. The third-order valence-electron chi connectivity index (χ3n) is 5.67.